The van der Waals surface area contributed by atoms with Crippen LogP contribution in [-0.2, 0) is 19.1 Å². The first-order valence-corrected chi connectivity index (χ1v) is 5.43. The predicted molar refractivity (Wildman–Crippen MR) is 77.2 cm³/mol. The third-order valence-corrected chi connectivity index (χ3v) is 1.28. The first kappa shape index (κ1) is 22.7. The van der Waals surface area contributed by atoms with Crippen molar-refractivity contribution in [2.24, 2.45) is 0 Å². The number of hydrogen-bond acceptors (Lipinski definition) is 4. The number of hydrogen-bond donors (Lipinski definition) is 2. The van der Waals surface area contributed by atoms with E-state index in [1.807, 2.05) is 0 Å². The van der Waals surface area contributed by atoms with E-state index < -0.39 is 11.9 Å². The highest BCUT2D eigenvalue weighted by Crippen LogP contribution is 1.81. The SMILES string of the molecule is C=C(C)C(=O)O.C=C(C)C(=O)O.C=COCCOC=C. The van der Waals surface area contributed by atoms with Crippen molar-refractivity contribution < 1.29 is 29.3 Å². The van der Waals surface area contributed by atoms with E-state index in [1.165, 1.54) is 26.4 Å². The molecule has 6 nitrogen and oxygen atoms in total. The molecule has 0 saturated carbocycles. The largest absolute Gasteiger partial charge is 0.498 e. The second kappa shape index (κ2) is 16.5. The molecule has 0 aliphatic rings. The van der Waals surface area contributed by atoms with Gasteiger partial charge in [0.05, 0.1) is 12.5 Å². The molecule has 0 amide bonds. The maximum atomic E-state index is 9.60. The van der Waals surface area contributed by atoms with Crippen molar-refractivity contribution >= 4 is 11.9 Å². The lowest BCUT2D eigenvalue weighted by molar-refractivity contribution is -0.133. The summed E-state index contributed by atoms with van der Waals surface area (Å²) in [6, 6.07) is 0. The molecule has 0 rings (SSSR count). The van der Waals surface area contributed by atoms with Crippen molar-refractivity contribution in [1.82, 2.24) is 0 Å². The second-order valence-corrected chi connectivity index (χ2v) is 3.25. The van der Waals surface area contributed by atoms with Crippen molar-refractivity contribution in [3.63, 3.8) is 0 Å². The zero-order valence-electron chi connectivity index (χ0n) is 11.9. The second-order valence-electron chi connectivity index (χ2n) is 3.25. The third kappa shape index (κ3) is 29.6. The number of carboxylic acid groups (broad SMARTS) is 2. The summed E-state index contributed by atoms with van der Waals surface area (Å²) in [7, 11) is 0. The summed E-state index contributed by atoms with van der Waals surface area (Å²) < 4.78 is 9.45. The summed E-state index contributed by atoms with van der Waals surface area (Å²) >= 11 is 0. The molecule has 0 aliphatic heterocycles. The zero-order valence-corrected chi connectivity index (χ0v) is 11.9. The first-order chi connectivity index (χ1) is 9.20. The van der Waals surface area contributed by atoms with Crippen LogP contribution in [0.5, 0.6) is 0 Å². The van der Waals surface area contributed by atoms with Crippen molar-refractivity contribution in [3.05, 3.63) is 50.0 Å². The van der Waals surface area contributed by atoms with Crippen molar-refractivity contribution in [3.8, 4) is 0 Å². The molecular formula is C14H22O6. The van der Waals surface area contributed by atoms with Gasteiger partial charge in [-0.1, -0.05) is 26.3 Å². The molecule has 6 heteroatoms. The molecule has 0 fully saturated rings. The molecule has 0 radical (unpaired) electrons. The summed E-state index contributed by atoms with van der Waals surface area (Å²) in [4.78, 5) is 19.2. The van der Waals surface area contributed by atoms with Gasteiger partial charge >= 0.3 is 11.9 Å². The molecule has 0 saturated heterocycles. The molecule has 0 spiro atoms. The van der Waals surface area contributed by atoms with Crippen LogP contribution in [0.25, 0.3) is 0 Å². The van der Waals surface area contributed by atoms with E-state index in [4.69, 9.17) is 19.7 Å². The Labute approximate surface area is 119 Å². The average Bonchev–Trinajstić information content (AvgIpc) is 2.36. The zero-order chi connectivity index (χ0) is 16.6. The molecule has 0 heterocycles. The summed E-state index contributed by atoms with van der Waals surface area (Å²) in [5, 5.41) is 15.8. The Morgan fingerprint density at radius 1 is 0.900 bits per heavy atom. The van der Waals surface area contributed by atoms with E-state index in [2.05, 4.69) is 26.3 Å². The van der Waals surface area contributed by atoms with E-state index in [-0.39, 0.29) is 11.1 Å². The van der Waals surface area contributed by atoms with E-state index >= 15 is 0 Å². The van der Waals surface area contributed by atoms with Gasteiger partial charge in [-0.15, -0.1) is 0 Å². The molecule has 0 aromatic rings. The fraction of sp³-hybridized carbons (Fsp3) is 0.286. The fourth-order valence-electron chi connectivity index (χ4n) is 0.263. The van der Waals surface area contributed by atoms with Gasteiger partial charge in [0.2, 0.25) is 0 Å². The fourth-order valence-corrected chi connectivity index (χ4v) is 0.263. The summed E-state index contributed by atoms with van der Waals surface area (Å²) in [5.74, 6) is -1.87. The van der Waals surface area contributed by atoms with E-state index in [0.717, 1.165) is 0 Å². The molecule has 0 bridgehead atoms. The van der Waals surface area contributed by atoms with Crippen molar-refractivity contribution in [1.29, 1.82) is 0 Å². The van der Waals surface area contributed by atoms with Gasteiger partial charge in [0.1, 0.15) is 13.2 Å². The molecule has 114 valence electrons. The lowest BCUT2D eigenvalue weighted by atomic mass is 10.4. The van der Waals surface area contributed by atoms with Crippen molar-refractivity contribution in [2.45, 2.75) is 13.8 Å². The van der Waals surface area contributed by atoms with E-state index in [9.17, 15) is 9.59 Å². The van der Waals surface area contributed by atoms with Crippen LogP contribution < -0.4 is 0 Å². The molecule has 2 N–H and O–H groups in total. The Bertz CT molecular complexity index is 286. The number of aliphatic carboxylic acids is 2. The van der Waals surface area contributed by atoms with Crippen LogP contribution in [0.2, 0.25) is 0 Å². The highest BCUT2D eigenvalue weighted by Gasteiger charge is 1.90. The van der Waals surface area contributed by atoms with Gasteiger partial charge in [0, 0.05) is 11.1 Å². The molecule has 0 aromatic carbocycles. The predicted octanol–water partition coefficient (Wildman–Crippen LogP) is 2.60. The molecule has 0 aromatic heterocycles. The number of carbonyl (C=O) groups is 2. The highest BCUT2D eigenvalue weighted by atomic mass is 16.5. The monoisotopic (exact) mass is 286 g/mol. The lowest BCUT2D eigenvalue weighted by Gasteiger charge is -1.97. The van der Waals surface area contributed by atoms with Crippen LogP contribution in [0.15, 0.2) is 50.0 Å². The molecule has 0 aliphatic carbocycles. The molecule has 0 atom stereocenters. The van der Waals surface area contributed by atoms with Crippen molar-refractivity contribution in [2.75, 3.05) is 13.2 Å². The van der Waals surface area contributed by atoms with Crippen LogP contribution in [0, 0.1) is 0 Å². The Morgan fingerprint density at radius 2 is 1.10 bits per heavy atom. The quantitative estimate of drug-likeness (QED) is 0.424. The standard InChI is InChI=1S/C6H10O2.2C4H6O2/c1-3-7-5-6-8-4-2;2*1-3(2)4(5)6/h3-4H,1-2,5-6H2;2*1H2,2H3,(H,5,6). The summed E-state index contributed by atoms with van der Waals surface area (Å²) in [6.07, 6.45) is 2.76. The minimum absolute atomic E-state index is 0.176. The van der Waals surface area contributed by atoms with Gasteiger partial charge in [0.15, 0.2) is 0 Å². The van der Waals surface area contributed by atoms with Gasteiger partial charge in [-0.25, -0.2) is 9.59 Å². The lowest BCUT2D eigenvalue weighted by Crippen LogP contribution is -1.95. The summed E-state index contributed by atoms with van der Waals surface area (Å²) in [5.41, 5.74) is 0.352. The minimum Gasteiger partial charge on any atom is -0.498 e. The van der Waals surface area contributed by atoms with Crippen LogP contribution in [0.3, 0.4) is 0 Å². The van der Waals surface area contributed by atoms with Gasteiger partial charge in [-0.3, -0.25) is 0 Å². The summed E-state index contributed by atoms with van der Waals surface area (Å²) in [6.45, 7) is 17.0. The van der Waals surface area contributed by atoms with Crippen LogP contribution in [0.4, 0.5) is 0 Å². The smallest absolute Gasteiger partial charge is 0.330 e. The maximum Gasteiger partial charge on any atom is 0.330 e. The Kier molecular flexibility index (Phi) is 18.7. The average molecular weight is 286 g/mol. The normalized spacial score (nSPS) is 7.50. The highest BCUT2D eigenvalue weighted by molar-refractivity contribution is 5.85. The topological polar surface area (TPSA) is 93.1 Å². The van der Waals surface area contributed by atoms with E-state index in [0.29, 0.717) is 13.2 Å². The number of rotatable bonds is 7. The van der Waals surface area contributed by atoms with Gasteiger partial charge in [-0.05, 0) is 13.8 Å². The third-order valence-electron chi connectivity index (χ3n) is 1.28. The Balaban J connectivity index is -0.000000221. The Morgan fingerprint density at radius 3 is 1.20 bits per heavy atom. The number of carboxylic acids is 2. The minimum atomic E-state index is -0.935. The molecule has 0 unspecified atom stereocenters. The van der Waals surface area contributed by atoms with Gasteiger partial charge in [0.25, 0.3) is 0 Å². The Hall–Kier alpha value is -2.50. The van der Waals surface area contributed by atoms with Crippen LogP contribution in [0.1, 0.15) is 13.8 Å². The van der Waals surface area contributed by atoms with Crippen LogP contribution >= 0.6 is 0 Å². The van der Waals surface area contributed by atoms with Crippen LogP contribution in [-0.4, -0.2) is 35.4 Å². The van der Waals surface area contributed by atoms with E-state index in [1.54, 1.807) is 0 Å². The number of ether oxygens (including phenoxy) is 2. The van der Waals surface area contributed by atoms with Gasteiger partial charge in [-0.2, -0.15) is 0 Å². The first-order valence-electron chi connectivity index (χ1n) is 5.43. The molecular weight excluding hydrogens is 264 g/mol. The maximum absolute atomic E-state index is 9.60. The molecule has 20 heavy (non-hydrogen) atoms. The van der Waals surface area contributed by atoms with Gasteiger partial charge < -0.3 is 19.7 Å².